The zero-order chi connectivity index (χ0) is 12.1. The van der Waals surface area contributed by atoms with E-state index in [1.807, 2.05) is 7.11 Å². The first-order valence-electron chi connectivity index (χ1n) is 7.35. The molecule has 2 fully saturated rings. The third kappa shape index (κ3) is 3.94. The molecule has 1 N–H and O–H groups in total. The van der Waals surface area contributed by atoms with Crippen LogP contribution in [0.4, 0.5) is 0 Å². The Kier molecular flexibility index (Phi) is 5.26. The number of nitrogens with one attached hydrogen (secondary N) is 1. The van der Waals surface area contributed by atoms with Gasteiger partial charge < -0.3 is 10.1 Å². The molecule has 2 saturated carbocycles. The topological polar surface area (TPSA) is 24.5 Å². The minimum atomic E-state index is 0.444. The van der Waals surface area contributed by atoms with Crippen molar-refractivity contribution in [3.05, 3.63) is 0 Å². The van der Waals surface area contributed by atoms with Gasteiger partial charge in [0.2, 0.25) is 0 Å². The van der Waals surface area contributed by atoms with Crippen molar-refractivity contribution < 1.29 is 4.74 Å². The molecule has 0 heterocycles. The second-order valence-corrected chi connectivity index (χ2v) is 5.48. The van der Waals surface area contributed by atoms with E-state index in [1.54, 1.807) is 0 Å². The lowest BCUT2D eigenvalue weighted by Crippen LogP contribution is -2.46. The van der Waals surface area contributed by atoms with Gasteiger partial charge in [-0.1, -0.05) is 19.8 Å². The molecule has 0 spiro atoms. The average Bonchev–Trinajstić information content (AvgIpc) is 3.19. The maximum absolute atomic E-state index is 5.57. The van der Waals surface area contributed by atoms with Crippen molar-refractivity contribution in [1.82, 2.24) is 10.2 Å². The van der Waals surface area contributed by atoms with E-state index >= 15 is 0 Å². The van der Waals surface area contributed by atoms with E-state index in [4.69, 9.17) is 4.74 Å². The van der Waals surface area contributed by atoms with E-state index in [9.17, 15) is 0 Å². The Labute approximate surface area is 106 Å². The Morgan fingerprint density at radius 1 is 1.18 bits per heavy atom. The number of hydrogen-bond acceptors (Lipinski definition) is 3. The first-order chi connectivity index (χ1) is 8.35. The highest BCUT2D eigenvalue weighted by molar-refractivity contribution is 4.85. The summed E-state index contributed by atoms with van der Waals surface area (Å²) in [4.78, 5) is 2.61. The molecule has 3 heteroatoms. The van der Waals surface area contributed by atoms with Crippen LogP contribution in [0.2, 0.25) is 0 Å². The lowest BCUT2D eigenvalue weighted by molar-refractivity contribution is 0.0410. The molecule has 0 aromatic rings. The van der Waals surface area contributed by atoms with Crippen LogP contribution in [-0.4, -0.2) is 49.8 Å². The summed E-state index contributed by atoms with van der Waals surface area (Å²) in [6.45, 7) is 5.80. The maximum Gasteiger partial charge on any atom is 0.0724 e. The van der Waals surface area contributed by atoms with Gasteiger partial charge in [-0.2, -0.15) is 0 Å². The summed E-state index contributed by atoms with van der Waals surface area (Å²) in [7, 11) is 1.85. The Balaban J connectivity index is 1.65. The molecule has 2 aliphatic carbocycles. The molecule has 2 unspecified atom stereocenters. The molecule has 0 radical (unpaired) electrons. The first-order valence-corrected chi connectivity index (χ1v) is 7.35. The molecule has 0 bridgehead atoms. The minimum absolute atomic E-state index is 0.444. The van der Waals surface area contributed by atoms with Crippen LogP contribution >= 0.6 is 0 Å². The fraction of sp³-hybridized carbons (Fsp3) is 1.00. The highest BCUT2D eigenvalue weighted by Gasteiger charge is 2.28. The Morgan fingerprint density at radius 2 is 1.94 bits per heavy atom. The number of rotatable bonds is 7. The van der Waals surface area contributed by atoms with Gasteiger partial charge in [-0.25, -0.2) is 0 Å². The van der Waals surface area contributed by atoms with Gasteiger partial charge in [-0.05, 0) is 32.2 Å². The maximum atomic E-state index is 5.57. The van der Waals surface area contributed by atoms with E-state index < -0.39 is 0 Å². The first kappa shape index (κ1) is 13.3. The van der Waals surface area contributed by atoms with Crippen LogP contribution in [0.25, 0.3) is 0 Å². The van der Waals surface area contributed by atoms with Crippen molar-refractivity contribution in [2.45, 2.75) is 63.6 Å². The molecule has 2 rings (SSSR count). The number of nitrogens with zero attached hydrogens (tertiary/aromatic N) is 1. The zero-order valence-electron chi connectivity index (χ0n) is 11.5. The molecule has 0 amide bonds. The third-order valence-electron chi connectivity index (χ3n) is 4.28. The van der Waals surface area contributed by atoms with E-state index in [0.717, 1.165) is 12.6 Å². The van der Waals surface area contributed by atoms with Crippen LogP contribution in [0.1, 0.15) is 45.4 Å². The van der Waals surface area contributed by atoms with Gasteiger partial charge in [-0.3, -0.25) is 4.90 Å². The Hall–Kier alpha value is -0.120. The third-order valence-corrected chi connectivity index (χ3v) is 4.28. The molecule has 17 heavy (non-hydrogen) atoms. The smallest absolute Gasteiger partial charge is 0.0724 e. The summed E-state index contributed by atoms with van der Waals surface area (Å²) in [6.07, 6.45) is 8.48. The fourth-order valence-corrected chi connectivity index (χ4v) is 3.04. The van der Waals surface area contributed by atoms with Gasteiger partial charge >= 0.3 is 0 Å². The van der Waals surface area contributed by atoms with Gasteiger partial charge in [-0.15, -0.1) is 0 Å². The molecule has 0 aromatic heterocycles. The predicted octanol–water partition coefficient (Wildman–Crippen LogP) is 2.02. The molecule has 3 nitrogen and oxygen atoms in total. The van der Waals surface area contributed by atoms with Crippen LogP contribution < -0.4 is 5.32 Å². The van der Waals surface area contributed by atoms with Crippen LogP contribution in [0.15, 0.2) is 0 Å². The molecule has 100 valence electrons. The number of likely N-dealkylation sites (N-methyl/N-ethyl adjacent to an activating group) is 1. The molecular formula is C14H28N2O. The summed E-state index contributed by atoms with van der Waals surface area (Å²) < 4.78 is 5.57. The molecule has 0 aromatic carbocycles. The lowest BCUT2D eigenvalue weighted by atomic mass is 9.92. The van der Waals surface area contributed by atoms with E-state index in [2.05, 4.69) is 17.1 Å². The van der Waals surface area contributed by atoms with Crippen molar-refractivity contribution >= 4 is 0 Å². The molecule has 0 saturated heterocycles. The van der Waals surface area contributed by atoms with Crippen LogP contribution in [0.3, 0.4) is 0 Å². The van der Waals surface area contributed by atoms with Crippen LogP contribution in [-0.2, 0) is 4.74 Å². The highest BCUT2D eigenvalue weighted by Crippen LogP contribution is 2.26. The monoisotopic (exact) mass is 240 g/mol. The van der Waals surface area contributed by atoms with Gasteiger partial charge in [0.05, 0.1) is 6.10 Å². The van der Waals surface area contributed by atoms with Crippen LogP contribution in [0.5, 0.6) is 0 Å². The number of methoxy groups -OCH3 is 1. The molecule has 0 aliphatic heterocycles. The van der Waals surface area contributed by atoms with Crippen molar-refractivity contribution in [3.8, 4) is 0 Å². The van der Waals surface area contributed by atoms with E-state index in [-0.39, 0.29) is 0 Å². The number of ether oxygens (including phenoxy) is 1. The summed E-state index contributed by atoms with van der Waals surface area (Å²) in [5.74, 6) is 0. The lowest BCUT2D eigenvalue weighted by Gasteiger charge is -2.32. The van der Waals surface area contributed by atoms with Crippen molar-refractivity contribution in [2.75, 3.05) is 26.7 Å². The second kappa shape index (κ2) is 6.72. The minimum Gasteiger partial charge on any atom is -0.380 e. The normalized spacial score (nSPS) is 29.8. The zero-order valence-corrected chi connectivity index (χ0v) is 11.5. The van der Waals surface area contributed by atoms with Crippen molar-refractivity contribution in [2.24, 2.45) is 0 Å². The van der Waals surface area contributed by atoms with Gasteiger partial charge in [0.15, 0.2) is 0 Å². The number of hydrogen-bond donors (Lipinski definition) is 1. The van der Waals surface area contributed by atoms with Crippen molar-refractivity contribution in [1.29, 1.82) is 0 Å². The summed E-state index contributed by atoms with van der Waals surface area (Å²) in [5.41, 5.74) is 0. The molecular weight excluding hydrogens is 212 g/mol. The molecule has 2 aliphatic rings. The Morgan fingerprint density at radius 3 is 2.59 bits per heavy atom. The summed E-state index contributed by atoms with van der Waals surface area (Å²) >= 11 is 0. The SMILES string of the molecule is CCN(CCNC1CCCCC1OC)C1CC1. The second-order valence-electron chi connectivity index (χ2n) is 5.48. The van der Waals surface area contributed by atoms with Crippen LogP contribution in [0, 0.1) is 0 Å². The summed E-state index contributed by atoms with van der Waals surface area (Å²) in [6, 6.07) is 1.48. The van der Waals surface area contributed by atoms with Crippen molar-refractivity contribution in [3.63, 3.8) is 0 Å². The standard InChI is InChI=1S/C14H28N2O/c1-3-16(12-8-9-12)11-10-15-13-6-4-5-7-14(13)17-2/h12-15H,3-11H2,1-2H3. The largest absolute Gasteiger partial charge is 0.380 e. The van der Waals surface area contributed by atoms with Gasteiger partial charge in [0, 0.05) is 32.3 Å². The van der Waals surface area contributed by atoms with E-state index in [1.165, 1.54) is 51.6 Å². The van der Waals surface area contributed by atoms with Gasteiger partial charge in [0.1, 0.15) is 0 Å². The Bertz CT molecular complexity index is 218. The predicted molar refractivity (Wildman–Crippen MR) is 71.3 cm³/mol. The average molecular weight is 240 g/mol. The summed E-state index contributed by atoms with van der Waals surface area (Å²) in [5, 5.41) is 3.70. The van der Waals surface area contributed by atoms with E-state index in [0.29, 0.717) is 12.1 Å². The molecule has 2 atom stereocenters. The quantitative estimate of drug-likeness (QED) is 0.737. The van der Waals surface area contributed by atoms with Gasteiger partial charge in [0.25, 0.3) is 0 Å². The fourth-order valence-electron chi connectivity index (χ4n) is 3.04. The highest BCUT2D eigenvalue weighted by atomic mass is 16.5.